The molecule has 8 nitrogen and oxygen atoms in total. The first-order valence-electron chi connectivity index (χ1n) is 19.9. The van der Waals surface area contributed by atoms with Gasteiger partial charge in [-0.2, -0.15) is 0 Å². The van der Waals surface area contributed by atoms with Crippen molar-refractivity contribution in [3.8, 4) is 5.75 Å². The van der Waals surface area contributed by atoms with E-state index in [1.165, 1.54) is 65.9 Å². The minimum Gasteiger partial charge on any atom is -0.508 e. The molecule has 0 radical (unpaired) electrons. The Kier molecular flexibility index (Phi) is 10.7. The number of aromatic hydroxyl groups is 1. The number of amides is 2. The molecule has 3 atom stereocenters. The lowest BCUT2D eigenvalue weighted by Gasteiger charge is -2.37. The van der Waals surface area contributed by atoms with E-state index in [1.807, 2.05) is 24.3 Å². The molecule has 1 aliphatic carbocycles. The molecule has 0 aromatic heterocycles. The number of carbonyl (C=O) groups excluding carboxylic acids is 2. The van der Waals surface area contributed by atoms with E-state index in [1.54, 1.807) is 0 Å². The molecule has 53 heavy (non-hydrogen) atoms. The average molecular weight is 712 g/mol. The van der Waals surface area contributed by atoms with Crippen LogP contribution in [0, 0.1) is 5.92 Å². The highest BCUT2D eigenvalue weighted by Gasteiger charge is 2.32. The topological polar surface area (TPSA) is 88.2 Å². The molecular weight excluding hydrogens is 659 g/mol. The van der Waals surface area contributed by atoms with Crippen LogP contribution in [0.25, 0.3) is 0 Å². The number of piperidine rings is 2. The van der Waals surface area contributed by atoms with E-state index in [9.17, 15) is 14.7 Å². The molecule has 2 amide bonds. The van der Waals surface area contributed by atoms with Gasteiger partial charge in [-0.3, -0.25) is 19.8 Å². The first-order valence-corrected chi connectivity index (χ1v) is 19.9. The minimum atomic E-state index is -0.356. The van der Waals surface area contributed by atoms with Gasteiger partial charge in [0.1, 0.15) is 11.8 Å². The molecule has 4 aromatic rings. The summed E-state index contributed by atoms with van der Waals surface area (Å²) in [5, 5.41) is 15.9. The Morgan fingerprint density at radius 1 is 0.698 bits per heavy atom. The summed E-state index contributed by atoms with van der Waals surface area (Å²) >= 11 is 0. The van der Waals surface area contributed by atoms with Crippen LogP contribution in [0.2, 0.25) is 0 Å². The maximum atomic E-state index is 12.1. The Hall–Kier alpha value is -4.82. The van der Waals surface area contributed by atoms with E-state index < -0.39 is 0 Å². The minimum absolute atomic E-state index is 0.190. The van der Waals surface area contributed by atoms with Gasteiger partial charge in [0.15, 0.2) is 0 Å². The Morgan fingerprint density at radius 2 is 1.40 bits per heavy atom. The monoisotopic (exact) mass is 711 g/mol. The highest BCUT2D eigenvalue weighted by molar-refractivity contribution is 6.01. The first-order chi connectivity index (χ1) is 26.0. The largest absolute Gasteiger partial charge is 0.508 e. The summed E-state index contributed by atoms with van der Waals surface area (Å²) in [5.41, 5.74) is 8.86. The smallest absolute Gasteiger partial charge is 0.249 e. The number of benzene rings is 4. The van der Waals surface area contributed by atoms with E-state index in [0.29, 0.717) is 24.5 Å². The van der Waals surface area contributed by atoms with Crippen molar-refractivity contribution in [3.63, 3.8) is 0 Å². The molecule has 3 fully saturated rings. The quantitative estimate of drug-likeness (QED) is 0.149. The van der Waals surface area contributed by atoms with Crippen LogP contribution < -0.4 is 20.4 Å². The Bertz CT molecular complexity index is 1850. The van der Waals surface area contributed by atoms with Gasteiger partial charge in [0.25, 0.3) is 0 Å². The number of nitrogens with zero attached hydrogens (tertiary/aromatic N) is 3. The van der Waals surface area contributed by atoms with Gasteiger partial charge in [-0.15, -0.1) is 0 Å². The predicted molar refractivity (Wildman–Crippen MR) is 213 cm³/mol. The number of phenols is 1. The predicted octanol–water partition coefficient (Wildman–Crippen LogP) is 7.29. The molecule has 0 saturated carbocycles. The lowest BCUT2D eigenvalue weighted by atomic mass is 9.69. The van der Waals surface area contributed by atoms with Gasteiger partial charge in [-0.25, -0.2) is 0 Å². The van der Waals surface area contributed by atoms with Crippen LogP contribution in [0.15, 0.2) is 97.1 Å². The maximum Gasteiger partial charge on any atom is 0.249 e. The number of hydrogen-bond acceptors (Lipinski definition) is 7. The molecule has 8 rings (SSSR count). The van der Waals surface area contributed by atoms with E-state index in [2.05, 4.69) is 98.1 Å². The molecule has 3 saturated heterocycles. The van der Waals surface area contributed by atoms with Crippen molar-refractivity contribution in [2.24, 2.45) is 5.92 Å². The molecule has 8 heteroatoms. The van der Waals surface area contributed by atoms with Crippen molar-refractivity contribution in [2.45, 2.75) is 69.2 Å². The first kappa shape index (κ1) is 35.2. The maximum absolute atomic E-state index is 12.1. The average Bonchev–Trinajstić information content (AvgIpc) is 3.20. The number of nitrogens with one attached hydrogen (secondary N) is 2. The van der Waals surface area contributed by atoms with Crippen molar-refractivity contribution in [3.05, 3.63) is 119 Å². The third kappa shape index (κ3) is 8.23. The molecule has 276 valence electrons. The Balaban J connectivity index is 0.779. The number of phenolic OH excluding ortho intramolecular Hbond substituents is 1. The number of carbonyl (C=O) groups is 2. The molecule has 4 aliphatic rings. The SMILES string of the molecule is O=C1CCC(Nc2ccc(N3CCN(CCCC4CCN(c5ccc([C@@H]6c7ccc(O)cc7CC[C@@H]6c6ccccc6)cc5)CC4)CC3)cc2)C(=O)N1. The van der Waals surface area contributed by atoms with Gasteiger partial charge >= 0.3 is 0 Å². The highest BCUT2D eigenvalue weighted by Crippen LogP contribution is 2.47. The van der Waals surface area contributed by atoms with E-state index in [-0.39, 0.29) is 23.8 Å². The van der Waals surface area contributed by atoms with E-state index in [4.69, 9.17) is 0 Å². The summed E-state index contributed by atoms with van der Waals surface area (Å²) in [4.78, 5) is 31.2. The van der Waals surface area contributed by atoms with Crippen LogP contribution in [0.1, 0.15) is 79.0 Å². The zero-order valence-electron chi connectivity index (χ0n) is 30.8. The van der Waals surface area contributed by atoms with Crippen LogP contribution >= 0.6 is 0 Å². The Morgan fingerprint density at radius 3 is 2.11 bits per heavy atom. The van der Waals surface area contributed by atoms with Gasteiger partial charge in [0.05, 0.1) is 0 Å². The molecule has 3 aliphatic heterocycles. The number of hydrogen-bond donors (Lipinski definition) is 3. The molecule has 0 spiro atoms. The number of fused-ring (bicyclic) bond motifs is 1. The third-order valence-electron chi connectivity index (χ3n) is 12.3. The molecule has 0 bridgehead atoms. The number of piperazine rings is 1. The molecule has 3 heterocycles. The van der Waals surface area contributed by atoms with Crippen LogP contribution in [0.5, 0.6) is 5.75 Å². The van der Waals surface area contributed by atoms with Crippen LogP contribution in [0.3, 0.4) is 0 Å². The Labute approximate surface area is 314 Å². The second kappa shape index (κ2) is 16.0. The van der Waals surface area contributed by atoms with Crippen molar-refractivity contribution in [1.29, 1.82) is 0 Å². The second-order valence-electron chi connectivity index (χ2n) is 15.6. The molecule has 3 N–H and O–H groups in total. The highest BCUT2D eigenvalue weighted by atomic mass is 16.3. The van der Waals surface area contributed by atoms with Crippen molar-refractivity contribution in [1.82, 2.24) is 10.2 Å². The summed E-state index contributed by atoms with van der Waals surface area (Å²) in [5.74, 6) is 1.45. The van der Waals surface area contributed by atoms with Gasteiger partial charge in [0, 0.05) is 68.7 Å². The second-order valence-corrected chi connectivity index (χ2v) is 15.6. The molecule has 1 unspecified atom stereocenters. The van der Waals surface area contributed by atoms with Crippen LogP contribution in [0.4, 0.5) is 17.1 Å². The standard InChI is InChI=1S/C45H53N5O3/c51-39-17-19-41-35(31-39)10-18-40(33-6-2-1-3-7-33)44(41)34-8-13-37(14-9-34)49-25-22-32(23-26-49)5-4-24-48-27-29-50(30-28-48)38-15-11-36(12-16-38)46-42-20-21-43(52)47-45(42)53/h1-3,6-9,11-17,19,31-32,40,42,44,46,51H,4-5,10,18,20-30H2,(H,47,52,53)/t40-,42?,44+/m1/s1. The van der Waals surface area contributed by atoms with Crippen molar-refractivity contribution in [2.75, 3.05) is 60.9 Å². The number of imide groups is 1. The summed E-state index contributed by atoms with van der Waals surface area (Å²) in [6.45, 7) is 7.67. The zero-order valence-corrected chi connectivity index (χ0v) is 30.8. The van der Waals surface area contributed by atoms with Gasteiger partial charge in [0.2, 0.25) is 11.8 Å². The molecule has 4 aromatic carbocycles. The normalized spacial score (nSPS) is 22.7. The number of aryl methyl sites for hydroxylation is 1. The fraction of sp³-hybridized carbons (Fsp3) is 0.422. The lowest BCUT2D eigenvalue weighted by molar-refractivity contribution is -0.133. The van der Waals surface area contributed by atoms with Crippen LogP contribution in [-0.4, -0.2) is 73.7 Å². The zero-order chi connectivity index (χ0) is 36.1. The molecular formula is C45H53N5O3. The third-order valence-corrected chi connectivity index (χ3v) is 12.3. The summed E-state index contributed by atoms with van der Waals surface area (Å²) in [6, 6.07) is 34.3. The summed E-state index contributed by atoms with van der Waals surface area (Å²) in [7, 11) is 0. The summed E-state index contributed by atoms with van der Waals surface area (Å²) in [6.07, 6.45) is 8.09. The van der Waals surface area contributed by atoms with Crippen molar-refractivity contribution < 1.29 is 14.7 Å². The fourth-order valence-corrected chi connectivity index (χ4v) is 9.28. The number of rotatable bonds is 10. The van der Waals surface area contributed by atoms with Gasteiger partial charge in [-0.1, -0.05) is 48.5 Å². The number of anilines is 3. The van der Waals surface area contributed by atoms with E-state index >= 15 is 0 Å². The van der Waals surface area contributed by atoms with Crippen LogP contribution in [-0.2, 0) is 16.0 Å². The van der Waals surface area contributed by atoms with E-state index in [0.717, 1.165) is 63.7 Å². The lowest BCUT2D eigenvalue weighted by Crippen LogP contribution is -2.47. The summed E-state index contributed by atoms with van der Waals surface area (Å²) < 4.78 is 0. The van der Waals surface area contributed by atoms with Gasteiger partial charge < -0.3 is 20.2 Å². The fourth-order valence-electron chi connectivity index (χ4n) is 9.28. The van der Waals surface area contributed by atoms with Gasteiger partial charge in [-0.05, 0) is 134 Å². The van der Waals surface area contributed by atoms with Crippen molar-refractivity contribution >= 4 is 28.9 Å².